The van der Waals surface area contributed by atoms with Crippen molar-refractivity contribution in [3.63, 3.8) is 0 Å². The molecular formula is C18H30ClN. The van der Waals surface area contributed by atoms with Gasteiger partial charge in [0.15, 0.2) is 0 Å². The van der Waals surface area contributed by atoms with Crippen LogP contribution in [0.1, 0.15) is 63.9 Å². The van der Waals surface area contributed by atoms with Crippen molar-refractivity contribution in [1.29, 1.82) is 0 Å². The highest BCUT2D eigenvalue weighted by atomic mass is 35.5. The van der Waals surface area contributed by atoms with Crippen LogP contribution >= 0.6 is 11.6 Å². The van der Waals surface area contributed by atoms with E-state index in [9.17, 15) is 0 Å². The summed E-state index contributed by atoms with van der Waals surface area (Å²) in [6.45, 7) is 3.03. The van der Waals surface area contributed by atoms with Crippen molar-refractivity contribution in [2.75, 3.05) is 6.54 Å². The molecule has 0 aliphatic heterocycles. The second-order valence-electron chi connectivity index (χ2n) is 5.81. The summed E-state index contributed by atoms with van der Waals surface area (Å²) in [4.78, 5) is 0. The Morgan fingerprint density at radius 1 is 1.00 bits per heavy atom. The molecule has 0 amide bonds. The molecule has 1 aromatic rings. The van der Waals surface area contributed by atoms with Crippen LogP contribution in [0.25, 0.3) is 0 Å². The van der Waals surface area contributed by atoms with E-state index in [1.54, 1.807) is 0 Å². The Kier molecular flexibility index (Phi) is 9.78. The lowest BCUT2D eigenvalue weighted by molar-refractivity contribution is 0.455. The molecule has 1 atom stereocenters. The maximum atomic E-state index is 6.22. The van der Waals surface area contributed by atoms with E-state index in [0.717, 1.165) is 18.0 Å². The van der Waals surface area contributed by atoms with Gasteiger partial charge in [0, 0.05) is 5.02 Å². The molecule has 0 bridgehead atoms. The molecule has 0 fully saturated rings. The minimum atomic E-state index is 0.575. The summed E-state index contributed by atoms with van der Waals surface area (Å²) in [6.07, 6.45) is 11.8. The quantitative estimate of drug-likeness (QED) is 0.528. The van der Waals surface area contributed by atoms with Gasteiger partial charge in [-0.05, 0) is 36.9 Å². The van der Waals surface area contributed by atoms with Crippen LogP contribution in [0.3, 0.4) is 0 Å². The van der Waals surface area contributed by atoms with Crippen molar-refractivity contribution in [3.05, 3.63) is 34.9 Å². The van der Waals surface area contributed by atoms with Crippen molar-refractivity contribution in [2.24, 2.45) is 11.7 Å². The van der Waals surface area contributed by atoms with Crippen LogP contribution in [0.2, 0.25) is 5.02 Å². The molecular weight excluding hydrogens is 266 g/mol. The van der Waals surface area contributed by atoms with Gasteiger partial charge in [-0.1, -0.05) is 81.7 Å². The van der Waals surface area contributed by atoms with Crippen LogP contribution in [-0.4, -0.2) is 6.54 Å². The molecule has 1 aromatic carbocycles. The third-order valence-corrected chi connectivity index (χ3v) is 4.38. The van der Waals surface area contributed by atoms with Crippen LogP contribution in [0.4, 0.5) is 0 Å². The van der Waals surface area contributed by atoms with Crippen LogP contribution < -0.4 is 5.73 Å². The van der Waals surface area contributed by atoms with E-state index in [4.69, 9.17) is 17.3 Å². The average Bonchev–Trinajstić information content (AvgIpc) is 2.47. The molecule has 114 valence electrons. The molecule has 0 saturated carbocycles. The average molecular weight is 296 g/mol. The smallest absolute Gasteiger partial charge is 0.0438 e. The van der Waals surface area contributed by atoms with E-state index < -0.39 is 0 Å². The summed E-state index contributed by atoms with van der Waals surface area (Å²) >= 11 is 6.22. The van der Waals surface area contributed by atoms with Crippen LogP contribution in [0.15, 0.2) is 24.3 Å². The van der Waals surface area contributed by atoms with Gasteiger partial charge in [0.1, 0.15) is 0 Å². The zero-order valence-electron chi connectivity index (χ0n) is 12.9. The number of unbranched alkanes of at least 4 members (excludes halogenated alkanes) is 6. The summed E-state index contributed by atoms with van der Waals surface area (Å²) in [5.74, 6) is 0.575. The zero-order chi connectivity index (χ0) is 14.6. The molecule has 2 heteroatoms. The summed E-state index contributed by atoms with van der Waals surface area (Å²) < 4.78 is 0. The van der Waals surface area contributed by atoms with Gasteiger partial charge in [-0.2, -0.15) is 0 Å². The number of halogens is 1. The molecule has 0 aliphatic rings. The van der Waals surface area contributed by atoms with Gasteiger partial charge >= 0.3 is 0 Å². The van der Waals surface area contributed by atoms with E-state index >= 15 is 0 Å². The van der Waals surface area contributed by atoms with Gasteiger partial charge in [-0.15, -0.1) is 0 Å². The van der Waals surface area contributed by atoms with Gasteiger partial charge in [-0.25, -0.2) is 0 Å². The molecule has 0 spiro atoms. The maximum absolute atomic E-state index is 6.22. The number of hydrogen-bond donors (Lipinski definition) is 1. The van der Waals surface area contributed by atoms with E-state index in [0.29, 0.717) is 5.92 Å². The molecule has 0 heterocycles. The number of benzene rings is 1. The SMILES string of the molecule is CCCCCCCCCC(CN)Cc1ccccc1Cl. The normalized spacial score (nSPS) is 12.6. The monoisotopic (exact) mass is 295 g/mol. The summed E-state index contributed by atoms with van der Waals surface area (Å²) in [5, 5.41) is 0.880. The standard InChI is InChI=1S/C18H30ClN/c1-2-3-4-5-6-7-8-11-16(15-20)14-17-12-9-10-13-18(17)19/h9-10,12-13,16H,2-8,11,14-15,20H2,1H3. The highest BCUT2D eigenvalue weighted by molar-refractivity contribution is 6.31. The first-order valence-electron chi connectivity index (χ1n) is 8.21. The molecule has 1 nitrogen and oxygen atoms in total. The lowest BCUT2D eigenvalue weighted by atomic mass is 9.93. The first kappa shape index (κ1) is 17.5. The Bertz CT molecular complexity index is 351. The van der Waals surface area contributed by atoms with Crippen molar-refractivity contribution < 1.29 is 0 Å². The van der Waals surface area contributed by atoms with Crippen LogP contribution in [0, 0.1) is 5.92 Å². The fourth-order valence-electron chi connectivity index (χ4n) is 2.67. The Labute approximate surface area is 129 Å². The largest absolute Gasteiger partial charge is 0.330 e. The maximum Gasteiger partial charge on any atom is 0.0438 e. The lowest BCUT2D eigenvalue weighted by Crippen LogP contribution is -2.17. The predicted octanol–water partition coefficient (Wildman–Crippen LogP) is 5.60. The van der Waals surface area contributed by atoms with E-state index in [2.05, 4.69) is 19.1 Å². The molecule has 0 radical (unpaired) electrons. The first-order chi connectivity index (χ1) is 9.77. The third kappa shape index (κ3) is 7.31. The Morgan fingerprint density at radius 2 is 1.65 bits per heavy atom. The minimum absolute atomic E-state index is 0.575. The second kappa shape index (κ2) is 11.2. The second-order valence-corrected chi connectivity index (χ2v) is 6.21. The zero-order valence-corrected chi connectivity index (χ0v) is 13.7. The van der Waals surface area contributed by atoms with Crippen molar-refractivity contribution in [1.82, 2.24) is 0 Å². The van der Waals surface area contributed by atoms with Gasteiger partial charge < -0.3 is 5.73 Å². The molecule has 1 rings (SSSR count). The number of nitrogens with two attached hydrogens (primary N) is 1. The number of hydrogen-bond acceptors (Lipinski definition) is 1. The van der Waals surface area contributed by atoms with Crippen molar-refractivity contribution in [3.8, 4) is 0 Å². The Balaban J connectivity index is 2.18. The highest BCUT2D eigenvalue weighted by Gasteiger charge is 2.09. The van der Waals surface area contributed by atoms with E-state index in [1.807, 2.05) is 12.1 Å². The van der Waals surface area contributed by atoms with E-state index in [1.165, 1.54) is 56.9 Å². The summed E-state index contributed by atoms with van der Waals surface area (Å²) in [7, 11) is 0. The molecule has 0 aliphatic carbocycles. The third-order valence-electron chi connectivity index (χ3n) is 4.02. The minimum Gasteiger partial charge on any atom is -0.330 e. The van der Waals surface area contributed by atoms with Crippen molar-refractivity contribution in [2.45, 2.75) is 64.7 Å². The fourth-order valence-corrected chi connectivity index (χ4v) is 2.88. The van der Waals surface area contributed by atoms with Gasteiger partial charge in [0.05, 0.1) is 0 Å². The van der Waals surface area contributed by atoms with E-state index in [-0.39, 0.29) is 0 Å². The van der Waals surface area contributed by atoms with Gasteiger partial charge in [-0.3, -0.25) is 0 Å². The highest BCUT2D eigenvalue weighted by Crippen LogP contribution is 2.21. The molecule has 1 unspecified atom stereocenters. The van der Waals surface area contributed by atoms with Crippen LogP contribution in [0.5, 0.6) is 0 Å². The first-order valence-corrected chi connectivity index (χ1v) is 8.59. The summed E-state index contributed by atoms with van der Waals surface area (Å²) in [6, 6.07) is 8.13. The molecule has 0 saturated heterocycles. The Morgan fingerprint density at radius 3 is 2.30 bits per heavy atom. The van der Waals surface area contributed by atoms with Gasteiger partial charge in [0.2, 0.25) is 0 Å². The predicted molar refractivity (Wildman–Crippen MR) is 90.3 cm³/mol. The molecule has 20 heavy (non-hydrogen) atoms. The lowest BCUT2D eigenvalue weighted by Gasteiger charge is -2.15. The summed E-state index contributed by atoms with van der Waals surface area (Å²) in [5.41, 5.74) is 7.15. The van der Waals surface area contributed by atoms with Crippen molar-refractivity contribution >= 4 is 11.6 Å². The Hall–Kier alpha value is -0.530. The topological polar surface area (TPSA) is 26.0 Å². The molecule has 0 aromatic heterocycles. The van der Waals surface area contributed by atoms with Gasteiger partial charge in [0.25, 0.3) is 0 Å². The fraction of sp³-hybridized carbons (Fsp3) is 0.667. The van der Waals surface area contributed by atoms with Crippen LogP contribution in [-0.2, 0) is 6.42 Å². The number of rotatable bonds is 11. The molecule has 2 N–H and O–H groups in total.